The number of aryl methyl sites for hydroxylation is 1. The van der Waals surface area contributed by atoms with Gasteiger partial charge in [0, 0.05) is 24.5 Å². The Bertz CT molecular complexity index is 585. The van der Waals surface area contributed by atoms with Gasteiger partial charge in [-0.3, -0.25) is 14.2 Å². The maximum atomic E-state index is 12.2. The summed E-state index contributed by atoms with van der Waals surface area (Å²) in [4.78, 5) is 11.0. The highest BCUT2D eigenvalue weighted by atomic mass is 19.4. The standard InChI is InChI=1S/C11H11F3N4O/c1-2-17-5-8(3-15-17)6-18-7-9(4-16-18)10(19)11(12,13)14/h3-5,7H,2,6H2,1H3. The zero-order valence-electron chi connectivity index (χ0n) is 10.1. The van der Waals surface area contributed by atoms with Crippen molar-refractivity contribution in [2.45, 2.75) is 26.2 Å². The molecular weight excluding hydrogens is 261 g/mol. The molecule has 0 amide bonds. The molecule has 0 aliphatic rings. The Balaban J connectivity index is 2.11. The first-order valence-electron chi connectivity index (χ1n) is 5.55. The van der Waals surface area contributed by atoms with Crippen LogP contribution >= 0.6 is 0 Å². The van der Waals surface area contributed by atoms with Crippen molar-refractivity contribution in [2.75, 3.05) is 0 Å². The van der Waals surface area contributed by atoms with Gasteiger partial charge in [-0.15, -0.1) is 0 Å². The fourth-order valence-electron chi connectivity index (χ4n) is 1.58. The molecule has 102 valence electrons. The highest BCUT2D eigenvalue weighted by Crippen LogP contribution is 2.21. The molecule has 0 aromatic carbocycles. The Morgan fingerprint density at radius 2 is 1.89 bits per heavy atom. The van der Waals surface area contributed by atoms with Crippen molar-refractivity contribution in [3.05, 3.63) is 35.9 Å². The number of rotatable bonds is 4. The summed E-state index contributed by atoms with van der Waals surface area (Å²) in [5, 5.41) is 7.78. The highest BCUT2D eigenvalue weighted by molar-refractivity contribution is 5.99. The van der Waals surface area contributed by atoms with E-state index in [1.54, 1.807) is 17.1 Å². The third kappa shape index (κ3) is 3.01. The van der Waals surface area contributed by atoms with Gasteiger partial charge in [-0.2, -0.15) is 23.4 Å². The van der Waals surface area contributed by atoms with E-state index in [0.717, 1.165) is 18.0 Å². The van der Waals surface area contributed by atoms with Crippen LogP contribution < -0.4 is 0 Å². The molecule has 0 N–H and O–H groups in total. The van der Waals surface area contributed by atoms with Crippen molar-refractivity contribution in [1.82, 2.24) is 19.6 Å². The van der Waals surface area contributed by atoms with Crippen molar-refractivity contribution in [1.29, 1.82) is 0 Å². The third-order valence-corrected chi connectivity index (χ3v) is 2.51. The first kappa shape index (κ1) is 13.3. The van der Waals surface area contributed by atoms with E-state index in [9.17, 15) is 18.0 Å². The van der Waals surface area contributed by atoms with E-state index >= 15 is 0 Å². The van der Waals surface area contributed by atoms with Crippen LogP contribution in [0.5, 0.6) is 0 Å². The molecule has 0 spiro atoms. The first-order chi connectivity index (χ1) is 8.90. The molecule has 0 atom stereocenters. The summed E-state index contributed by atoms with van der Waals surface area (Å²) in [5.74, 6) is -1.89. The van der Waals surface area contributed by atoms with Crippen LogP contribution in [0.15, 0.2) is 24.8 Å². The van der Waals surface area contributed by atoms with E-state index in [4.69, 9.17) is 0 Å². The Morgan fingerprint density at radius 3 is 2.47 bits per heavy atom. The molecule has 0 bridgehead atoms. The summed E-state index contributed by atoms with van der Waals surface area (Å²) in [6.45, 7) is 2.90. The van der Waals surface area contributed by atoms with Crippen LogP contribution in [0.2, 0.25) is 0 Å². The monoisotopic (exact) mass is 272 g/mol. The zero-order chi connectivity index (χ0) is 14.0. The molecule has 19 heavy (non-hydrogen) atoms. The molecule has 2 heterocycles. The van der Waals surface area contributed by atoms with Crippen LogP contribution in [0, 0.1) is 0 Å². The van der Waals surface area contributed by atoms with Gasteiger partial charge in [0.15, 0.2) is 0 Å². The largest absolute Gasteiger partial charge is 0.454 e. The average molecular weight is 272 g/mol. The predicted octanol–water partition coefficient (Wildman–Crippen LogP) is 1.89. The van der Waals surface area contributed by atoms with Crippen molar-refractivity contribution < 1.29 is 18.0 Å². The Labute approximate surface area is 106 Å². The molecule has 0 fully saturated rings. The number of carbonyl (C=O) groups is 1. The molecular formula is C11H11F3N4O. The van der Waals surface area contributed by atoms with E-state index in [-0.39, 0.29) is 6.54 Å². The molecule has 0 aliphatic heterocycles. The van der Waals surface area contributed by atoms with Crippen molar-refractivity contribution in [3.63, 3.8) is 0 Å². The maximum absolute atomic E-state index is 12.2. The molecule has 2 aromatic rings. The van der Waals surface area contributed by atoms with Crippen molar-refractivity contribution in [3.8, 4) is 0 Å². The normalized spacial score (nSPS) is 11.8. The number of ketones is 1. The van der Waals surface area contributed by atoms with E-state index in [1.165, 1.54) is 4.68 Å². The number of hydrogen-bond acceptors (Lipinski definition) is 3. The number of hydrogen-bond donors (Lipinski definition) is 0. The molecule has 2 rings (SSSR count). The van der Waals surface area contributed by atoms with Gasteiger partial charge >= 0.3 is 6.18 Å². The second-order valence-corrected chi connectivity index (χ2v) is 3.96. The smallest absolute Gasteiger partial charge is 0.284 e. The lowest BCUT2D eigenvalue weighted by Gasteiger charge is -2.01. The summed E-state index contributed by atoms with van der Waals surface area (Å²) < 4.78 is 39.6. The second-order valence-electron chi connectivity index (χ2n) is 3.96. The van der Waals surface area contributed by atoms with Gasteiger partial charge in [-0.05, 0) is 6.92 Å². The second kappa shape index (κ2) is 4.87. The fourth-order valence-corrected chi connectivity index (χ4v) is 1.58. The number of carbonyl (C=O) groups excluding carboxylic acids is 1. The molecule has 0 unspecified atom stereocenters. The SMILES string of the molecule is CCn1cc(Cn2cc(C(=O)C(F)(F)F)cn2)cn1. The number of alkyl halides is 3. The third-order valence-electron chi connectivity index (χ3n) is 2.51. The Hall–Kier alpha value is -2.12. The van der Waals surface area contributed by atoms with E-state index in [2.05, 4.69) is 10.2 Å². The van der Waals surface area contributed by atoms with Gasteiger partial charge < -0.3 is 0 Å². The number of halogens is 3. The summed E-state index contributed by atoms with van der Waals surface area (Å²) >= 11 is 0. The molecule has 0 aliphatic carbocycles. The van der Waals surface area contributed by atoms with Crippen LogP contribution in [0.25, 0.3) is 0 Å². The van der Waals surface area contributed by atoms with Crippen molar-refractivity contribution in [2.24, 2.45) is 0 Å². The maximum Gasteiger partial charge on any atom is 0.454 e. The minimum absolute atomic E-state index is 0.269. The number of Topliss-reactive ketones (excluding diaryl/α,β-unsaturated/α-hetero) is 1. The van der Waals surface area contributed by atoms with E-state index < -0.39 is 17.5 Å². The van der Waals surface area contributed by atoms with Gasteiger partial charge in [0.05, 0.1) is 24.5 Å². The Morgan fingerprint density at radius 1 is 1.21 bits per heavy atom. The summed E-state index contributed by atoms with van der Waals surface area (Å²) in [6, 6.07) is 0. The first-order valence-corrected chi connectivity index (χ1v) is 5.55. The average Bonchev–Trinajstić information content (AvgIpc) is 2.96. The van der Waals surface area contributed by atoms with Crippen molar-refractivity contribution >= 4 is 5.78 Å². The van der Waals surface area contributed by atoms with Gasteiger partial charge in [0.25, 0.3) is 5.78 Å². The predicted molar refractivity (Wildman–Crippen MR) is 59.6 cm³/mol. The lowest BCUT2D eigenvalue weighted by Crippen LogP contribution is -2.22. The molecule has 0 saturated heterocycles. The van der Waals surface area contributed by atoms with Gasteiger partial charge in [-0.1, -0.05) is 0 Å². The molecule has 8 heteroatoms. The van der Waals surface area contributed by atoms with Gasteiger partial charge in [0.1, 0.15) is 0 Å². The summed E-state index contributed by atoms with van der Waals surface area (Å²) in [5.41, 5.74) is 0.339. The number of nitrogens with zero attached hydrogens (tertiary/aromatic N) is 4. The lowest BCUT2D eigenvalue weighted by molar-refractivity contribution is -0.0885. The molecule has 0 radical (unpaired) electrons. The van der Waals surface area contributed by atoms with Crippen LogP contribution in [-0.2, 0) is 13.1 Å². The molecule has 2 aromatic heterocycles. The zero-order valence-corrected chi connectivity index (χ0v) is 10.1. The van der Waals surface area contributed by atoms with Gasteiger partial charge in [-0.25, -0.2) is 0 Å². The minimum Gasteiger partial charge on any atom is -0.284 e. The topological polar surface area (TPSA) is 52.7 Å². The van der Waals surface area contributed by atoms with E-state index in [0.29, 0.717) is 6.54 Å². The van der Waals surface area contributed by atoms with Crippen LogP contribution in [0.1, 0.15) is 22.8 Å². The number of aromatic nitrogens is 4. The van der Waals surface area contributed by atoms with Crippen LogP contribution in [0.4, 0.5) is 13.2 Å². The molecule has 5 nitrogen and oxygen atoms in total. The van der Waals surface area contributed by atoms with E-state index in [1.807, 2.05) is 6.92 Å². The fraction of sp³-hybridized carbons (Fsp3) is 0.364. The quantitative estimate of drug-likeness (QED) is 0.799. The summed E-state index contributed by atoms with van der Waals surface area (Å²) in [6.07, 6.45) is 0.503. The molecule has 0 saturated carbocycles. The van der Waals surface area contributed by atoms with Crippen LogP contribution in [0.3, 0.4) is 0 Å². The van der Waals surface area contributed by atoms with Crippen LogP contribution in [-0.4, -0.2) is 31.5 Å². The summed E-state index contributed by atoms with van der Waals surface area (Å²) in [7, 11) is 0. The van der Waals surface area contributed by atoms with Gasteiger partial charge in [0.2, 0.25) is 0 Å². The Kier molecular flexibility index (Phi) is 3.41. The lowest BCUT2D eigenvalue weighted by atomic mass is 10.2. The minimum atomic E-state index is -4.87. The highest BCUT2D eigenvalue weighted by Gasteiger charge is 2.39.